The molecule has 2 aliphatic heterocycles. The monoisotopic (exact) mass is 382 g/mol. The van der Waals surface area contributed by atoms with Crippen LogP contribution >= 0.6 is 0 Å². The minimum atomic E-state index is -1.11. The van der Waals surface area contributed by atoms with E-state index >= 15 is 0 Å². The van der Waals surface area contributed by atoms with E-state index in [1.54, 1.807) is 0 Å². The van der Waals surface area contributed by atoms with Crippen LogP contribution in [-0.2, 0) is 14.2 Å². The Hall–Kier alpha value is -0.681. The Morgan fingerprint density at radius 2 is 2.00 bits per heavy atom. The molecule has 4 nitrogen and oxygen atoms in total. The van der Waals surface area contributed by atoms with E-state index in [1.165, 1.54) is 4.46 Å². The van der Waals surface area contributed by atoms with Crippen LogP contribution in [0.25, 0.3) is 0 Å². The van der Waals surface area contributed by atoms with Gasteiger partial charge in [0.1, 0.15) is 0 Å². The molecular weight excluding hydrogens is 359 g/mol. The van der Waals surface area contributed by atoms with Gasteiger partial charge < -0.3 is 0 Å². The normalized spacial score (nSPS) is 47.7. The Morgan fingerprint density at radius 1 is 1.30 bits per heavy atom. The average molecular weight is 381 g/mol. The number of ether oxygens (including phenoxy) is 3. The van der Waals surface area contributed by atoms with Crippen molar-refractivity contribution in [2.75, 3.05) is 0 Å². The summed E-state index contributed by atoms with van der Waals surface area (Å²) in [5.41, 5.74) is 0.240. The molecule has 0 aromatic heterocycles. The van der Waals surface area contributed by atoms with Crippen LogP contribution < -0.4 is 4.46 Å². The van der Waals surface area contributed by atoms with Gasteiger partial charge in [-0.1, -0.05) is 0 Å². The van der Waals surface area contributed by atoms with E-state index in [2.05, 4.69) is 25.6 Å². The van der Waals surface area contributed by atoms with Crippen molar-refractivity contribution in [2.45, 2.75) is 55.5 Å². The van der Waals surface area contributed by atoms with Gasteiger partial charge in [-0.2, -0.15) is 0 Å². The number of hydrogen-bond acceptors (Lipinski definition) is 4. The fourth-order valence-corrected chi connectivity index (χ4v) is 7.07. The fraction of sp³-hybridized carbons (Fsp3) is 0.556. The van der Waals surface area contributed by atoms with Gasteiger partial charge in [0.2, 0.25) is 0 Å². The molecule has 6 atom stereocenters. The molecule has 1 N–H and O–H groups in total. The average Bonchev–Trinajstić information content (AvgIpc) is 2.71. The summed E-state index contributed by atoms with van der Waals surface area (Å²) < 4.78 is 19.1. The predicted molar refractivity (Wildman–Crippen MR) is 87.3 cm³/mol. The van der Waals surface area contributed by atoms with Gasteiger partial charge in [0.15, 0.2) is 0 Å². The van der Waals surface area contributed by atoms with Crippen molar-refractivity contribution in [1.82, 2.24) is 0 Å². The van der Waals surface area contributed by atoms with E-state index < -0.39 is 28.3 Å². The van der Waals surface area contributed by atoms with Crippen molar-refractivity contribution in [3.8, 4) is 0 Å². The molecular formula is C18H22O4Se. The Bertz CT molecular complexity index is 650. The Morgan fingerprint density at radius 3 is 2.65 bits per heavy atom. The summed E-state index contributed by atoms with van der Waals surface area (Å²) in [5.74, 6) is -0.958. The fourth-order valence-electron chi connectivity index (χ4n) is 4.17. The van der Waals surface area contributed by atoms with Crippen molar-refractivity contribution in [1.29, 1.82) is 0 Å². The van der Waals surface area contributed by atoms with Gasteiger partial charge in [-0.3, -0.25) is 0 Å². The van der Waals surface area contributed by atoms with Gasteiger partial charge >= 0.3 is 143 Å². The first-order chi connectivity index (χ1) is 10.8. The summed E-state index contributed by atoms with van der Waals surface area (Å²) in [6.07, 6.45) is -0.381. The zero-order chi connectivity index (χ0) is 16.5. The van der Waals surface area contributed by atoms with Crippen molar-refractivity contribution >= 4 is 19.4 Å². The zero-order valence-electron chi connectivity index (χ0n) is 13.6. The van der Waals surface area contributed by atoms with Gasteiger partial charge in [-0.25, -0.2) is 0 Å². The van der Waals surface area contributed by atoms with Crippen molar-refractivity contribution < 1.29 is 19.3 Å². The first-order valence-electron chi connectivity index (χ1n) is 7.98. The van der Waals surface area contributed by atoms with Crippen LogP contribution in [0, 0.1) is 5.92 Å². The predicted octanol–water partition coefficient (Wildman–Crippen LogP) is 1.55. The standard InChI is InChI=1S/C18H22O4Se/c1-11(2)17-10-12(3)18(23-13-8-6-5-7-9-13)14(19)15(17)20-16(4,21-17)22-18/h5-9,12,14-15,19H,1,10H2,2-4H3/t12-,14-,15-,16?,17-,18+/m1/s1. The third kappa shape index (κ3) is 2.05. The summed E-state index contributed by atoms with van der Waals surface area (Å²) >= 11 is -0.0503. The Labute approximate surface area is 143 Å². The van der Waals surface area contributed by atoms with Crippen LogP contribution in [0.4, 0.5) is 0 Å². The van der Waals surface area contributed by atoms with E-state index in [9.17, 15) is 5.11 Å². The zero-order valence-corrected chi connectivity index (χ0v) is 15.3. The molecule has 1 unspecified atom stereocenters. The third-order valence-electron chi connectivity index (χ3n) is 5.25. The molecule has 1 aromatic carbocycles. The Balaban J connectivity index is 1.79. The molecule has 5 heteroatoms. The number of hydrogen-bond donors (Lipinski definition) is 1. The minimum absolute atomic E-state index is 0.0503. The van der Waals surface area contributed by atoms with Gasteiger partial charge in [0, 0.05) is 0 Å². The second-order valence-electron chi connectivity index (χ2n) is 6.96. The number of aliphatic hydroxyl groups excluding tert-OH is 1. The second kappa shape index (κ2) is 4.91. The van der Waals surface area contributed by atoms with Crippen LogP contribution in [0.2, 0.25) is 0 Å². The van der Waals surface area contributed by atoms with E-state index in [1.807, 2.05) is 32.0 Å². The van der Waals surface area contributed by atoms with E-state index in [0.717, 1.165) is 12.0 Å². The third-order valence-corrected chi connectivity index (χ3v) is 8.51. The summed E-state index contributed by atoms with van der Waals surface area (Å²) in [6.45, 7) is 10.0. The van der Waals surface area contributed by atoms with Crippen molar-refractivity contribution in [2.24, 2.45) is 5.92 Å². The molecule has 124 valence electrons. The summed E-state index contributed by atoms with van der Waals surface area (Å²) in [7, 11) is 0. The topological polar surface area (TPSA) is 47.9 Å². The van der Waals surface area contributed by atoms with Crippen molar-refractivity contribution in [3.05, 3.63) is 42.5 Å². The van der Waals surface area contributed by atoms with Gasteiger partial charge in [0.05, 0.1) is 0 Å². The van der Waals surface area contributed by atoms with Gasteiger partial charge in [0.25, 0.3) is 0 Å². The first-order valence-corrected chi connectivity index (χ1v) is 9.69. The molecule has 1 saturated carbocycles. The molecule has 1 aliphatic carbocycles. The molecule has 23 heavy (non-hydrogen) atoms. The van der Waals surface area contributed by atoms with Gasteiger partial charge in [-0.05, 0) is 0 Å². The second-order valence-corrected chi connectivity index (χ2v) is 9.72. The molecule has 1 aromatic rings. The molecule has 0 amide bonds. The van der Waals surface area contributed by atoms with Crippen molar-refractivity contribution in [3.63, 3.8) is 0 Å². The molecule has 4 rings (SSSR count). The SMILES string of the molecule is C=C(C)[C@]12C[C@@H](C)[C@@]3([Se]c4ccccc4)OC(C)(O[C@@H]1[C@H]3O)O2. The van der Waals surface area contributed by atoms with Crippen LogP contribution in [-0.4, -0.2) is 48.3 Å². The molecule has 3 aliphatic rings. The molecule has 0 radical (unpaired) electrons. The molecule has 2 heterocycles. The quantitative estimate of drug-likeness (QED) is 0.638. The molecule has 2 saturated heterocycles. The maximum atomic E-state index is 11.1. The number of fused-ring (bicyclic) bond motifs is 2. The molecule has 0 spiro atoms. The summed E-state index contributed by atoms with van der Waals surface area (Å²) in [5, 5.41) is 11.1. The van der Waals surface area contributed by atoms with Crippen LogP contribution in [0.15, 0.2) is 42.5 Å². The van der Waals surface area contributed by atoms with Crippen LogP contribution in [0.5, 0.6) is 0 Å². The first kappa shape index (κ1) is 15.8. The molecule has 3 fully saturated rings. The van der Waals surface area contributed by atoms with E-state index in [0.29, 0.717) is 0 Å². The van der Waals surface area contributed by atoms with Gasteiger partial charge in [-0.15, -0.1) is 0 Å². The van der Waals surface area contributed by atoms with E-state index in [4.69, 9.17) is 14.2 Å². The summed E-state index contributed by atoms with van der Waals surface area (Å²) in [4.78, 5) is 0. The maximum absolute atomic E-state index is 11.1. The molecule has 3 bridgehead atoms. The number of rotatable bonds is 3. The number of benzene rings is 1. The van der Waals surface area contributed by atoms with Crippen LogP contribution in [0.1, 0.15) is 27.2 Å². The van der Waals surface area contributed by atoms with E-state index in [-0.39, 0.29) is 20.9 Å². The number of aliphatic hydroxyl groups is 1. The van der Waals surface area contributed by atoms with Crippen LogP contribution in [0.3, 0.4) is 0 Å². The summed E-state index contributed by atoms with van der Waals surface area (Å²) in [6, 6.07) is 10.2. The Kier molecular flexibility index (Phi) is 3.38.